The largest absolute Gasteiger partial charge is 0.396 e. The maximum Gasteiger partial charge on any atom is 0.239 e. The van der Waals surface area contributed by atoms with Crippen molar-refractivity contribution in [2.45, 2.75) is 19.8 Å². The van der Waals surface area contributed by atoms with Gasteiger partial charge in [-0.3, -0.25) is 9.59 Å². The summed E-state index contributed by atoms with van der Waals surface area (Å²) < 4.78 is 0. The molecule has 1 fully saturated rings. The van der Waals surface area contributed by atoms with Crippen molar-refractivity contribution in [3.8, 4) is 0 Å². The number of aliphatic hydroxyl groups excluding tert-OH is 1. The lowest BCUT2D eigenvalue weighted by Gasteiger charge is -2.16. The summed E-state index contributed by atoms with van der Waals surface area (Å²) in [6.07, 6.45) is 1.40. The van der Waals surface area contributed by atoms with Crippen LogP contribution in [0.3, 0.4) is 0 Å². The molecule has 15 heavy (non-hydrogen) atoms. The molecule has 0 aromatic carbocycles. The fraction of sp³-hybridized carbons (Fsp3) is 0.800. The Morgan fingerprint density at radius 1 is 1.67 bits per heavy atom. The number of hydrogen-bond donors (Lipinski definition) is 2. The first-order valence-electron chi connectivity index (χ1n) is 5.29. The molecule has 1 atom stereocenters. The molecule has 0 spiro atoms. The van der Waals surface area contributed by atoms with Crippen LogP contribution in [0, 0.1) is 5.92 Å². The van der Waals surface area contributed by atoms with Crippen LogP contribution in [-0.2, 0) is 9.59 Å². The highest BCUT2D eigenvalue weighted by Crippen LogP contribution is 2.08. The second-order valence-corrected chi connectivity index (χ2v) is 4.01. The maximum absolute atomic E-state index is 11.4. The lowest BCUT2D eigenvalue weighted by molar-refractivity contribution is -0.133. The Morgan fingerprint density at radius 2 is 2.40 bits per heavy atom. The number of nitrogens with one attached hydrogen (secondary N) is 1. The fourth-order valence-electron chi connectivity index (χ4n) is 1.45. The van der Waals surface area contributed by atoms with Crippen molar-refractivity contribution in [3.05, 3.63) is 0 Å². The average molecular weight is 214 g/mol. The molecule has 5 heteroatoms. The van der Waals surface area contributed by atoms with E-state index in [9.17, 15) is 9.59 Å². The Labute approximate surface area is 89.4 Å². The van der Waals surface area contributed by atoms with Gasteiger partial charge in [0.25, 0.3) is 0 Å². The van der Waals surface area contributed by atoms with Crippen LogP contribution in [0.5, 0.6) is 0 Å². The molecule has 1 aliphatic heterocycles. The van der Waals surface area contributed by atoms with Gasteiger partial charge in [-0.05, 0) is 12.3 Å². The lowest BCUT2D eigenvalue weighted by atomic mass is 10.2. The second kappa shape index (κ2) is 5.70. The van der Waals surface area contributed by atoms with E-state index < -0.39 is 0 Å². The number of likely N-dealkylation sites (tertiary alicyclic amines) is 1. The number of aliphatic hydroxyl groups is 1. The van der Waals surface area contributed by atoms with E-state index in [1.165, 1.54) is 0 Å². The van der Waals surface area contributed by atoms with E-state index in [0.29, 0.717) is 19.5 Å². The molecule has 2 amide bonds. The topological polar surface area (TPSA) is 69.6 Å². The van der Waals surface area contributed by atoms with E-state index in [2.05, 4.69) is 5.32 Å². The molecule has 1 rings (SSSR count). The predicted octanol–water partition coefficient (Wildman–Crippen LogP) is -0.647. The summed E-state index contributed by atoms with van der Waals surface area (Å²) >= 11 is 0. The average Bonchev–Trinajstić information content (AvgIpc) is 2.61. The Hall–Kier alpha value is -1.10. The van der Waals surface area contributed by atoms with Crippen LogP contribution in [0.2, 0.25) is 0 Å². The van der Waals surface area contributed by atoms with Crippen LogP contribution in [0.4, 0.5) is 0 Å². The molecule has 0 bridgehead atoms. The number of carbonyl (C=O) groups excluding carboxylic acids is 2. The number of nitrogens with zero attached hydrogens (tertiary/aromatic N) is 1. The van der Waals surface area contributed by atoms with E-state index in [-0.39, 0.29) is 30.9 Å². The summed E-state index contributed by atoms with van der Waals surface area (Å²) in [5, 5.41) is 11.4. The molecule has 0 aromatic heterocycles. The molecule has 86 valence electrons. The Kier molecular flexibility index (Phi) is 4.55. The minimum absolute atomic E-state index is 0.0559. The van der Waals surface area contributed by atoms with Crippen LogP contribution in [-0.4, -0.2) is 48.1 Å². The molecule has 1 heterocycles. The van der Waals surface area contributed by atoms with Crippen LogP contribution in [0.1, 0.15) is 19.8 Å². The standard InChI is InChI=1S/C10H18N2O3/c1-8(7-13)5-11-9(14)6-12-4-2-3-10(12)15/h8,13H,2-7H2,1H3,(H,11,14). The number of hydrogen-bond acceptors (Lipinski definition) is 3. The van der Waals surface area contributed by atoms with E-state index in [4.69, 9.17) is 5.11 Å². The number of carbonyl (C=O) groups is 2. The molecular weight excluding hydrogens is 196 g/mol. The van der Waals surface area contributed by atoms with Crippen LogP contribution in [0.15, 0.2) is 0 Å². The second-order valence-electron chi connectivity index (χ2n) is 4.01. The van der Waals surface area contributed by atoms with E-state index >= 15 is 0 Å². The first-order valence-corrected chi connectivity index (χ1v) is 5.29. The van der Waals surface area contributed by atoms with Gasteiger partial charge in [-0.2, -0.15) is 0 Å². The van der Waals surface area contributed by atoms with E-state index in [0.717, 1.165) is 6.42 Å². The quantitative estimate of drug-likeness (QED) is 0.639. The molecule has 0 aromatic rings. The highest BCUT2D eigenvalue weighted by Gasteiger charge is 2.22. The van der Waals surface area contributed by atoms with Gasteiger partial charge in [-0.1, -0.05) is 6.92 Å². The molecular formula is C10H18N2O3. The number of amides is 2. The van der Waals surface area contributed by atoms with Gasteiger partial charge in [0.1, 0.15) is 0 Å². The van der Waals surface area contributed by atoms with Gasteiger partial charge in [-0.25, -0.2) is 0 Å². The first-order chi connectivity index (χ1) is 7.13. The third-order valence-electron chi connectivity index (χ3n) is 2.47. The normalized spacial score (nSPS) is 18.0. The third kappa shape index (κ3) is 3.87. The van der Waals surface area contributed by atoms with Gasteiger partial charge in [0, 0.05) is 26.1 Å². The summed E-state index contributed by atoms with van der Waals surface area (Å²) in [5.41, 5.74) is 0. The summed E-state index contributed by atoms with van der Waals surface area (Å²) in [5.74, 6) is -0.0332. The molecule has 0 aliphatic carbocycles. The molecule has 1 aliphatic rings. The summed E-state index contributed by atoms with van der Waals surface area (Å²) in [6.45, 7) is 3.19. The third-order valence-corrected chi connectivity index (χ3v) is 2.47. The predicted molar refractivity (Wildman–Crippen MR) is 55.1 cm³/mol. The first kappa shape index (κ1) is 12.0. The zero-order valence-electron chi connectivity index (χ0n) is 9.03. The summed E-state index contributed by atoms with van der Waals surface area (Å²) in [4.78, 5) is 24.2. The SMILES string of the molecule is CC(CO)CNC(=O)CN1CCCC1=O. The van der Waals surface area contributed by atoms with Crippen LogP contribution in [0.25, 0.3) is 0 Å². The molecule has 5 nitrogen and oxygen atoms in total. The van der Waals surface area contributed by atoms with Gasteiger partial charge < -0.3 is 15.3 Å². The van der Waals surface area contributed by atoms with E-state index in [1.807, 2.05) is 6.92 Å². The molecule has 0 saturated carbocycles. The minimum Gasteiger partial charge on any atom is -0.396 e. The van der Waals surface area contributed by atoms with Gasteiger partial charge in [0.15, 0.2) is 0 Å². The molecule has 0 radical (unpaired) electrons. The van der Waals surface area contributed by atoms with Crippen molar-refractivity contribution in [2.24, 2.45) is 5.92 Å². The Bertz CT molecular complexity index is 243. The fourth-order valence-corrected chi connectivity index (χ4v) is 1.45. The van der Waals surface area contributed by atoms with Crippen molar-refractivity contribution in [1.29, 1.82) is 0 Å². The van der Waals surface area contributed by atoms with Crippen molar-refractivity contribution in [2.75, 3.05) is 26.2 Å². The maximum atomic E-state index is 11.4. The smallest absolute Gasteiger partial charge is 0.239 e. The molecule has 2 N–H and O–H groups in total. The van der Waals surface area contributed by atoms with Crippen molar-refractivity contribution in [1.82, 2.24) is 10.2 Å². The van der Waals surface area contributed by atoms with Crippen LogP contribution < -0.4 is 5.32 Å². The number of rotatable bonds is 5. The summed E-state index contributed by atoms with van der Waals surface area (Å²) in [6, 6.07) is 0. The molecule has 1 saturated heterocycles. The monoisotopic (exact) mass is 214 g/mol. The van der Waals surface area contributed by atoms with Gasteiger partial charge >= 0.3 is 0 Å². The van der Waals surface area contributed by atoms with E-state index in [1.54, 1.807) is 4.90 Å². The zero-order valence-corrected chi connectivity index (χ0v) is 9.03. The van der Waals surface area contributed by atoms with Crippen LogP contribution >= 0.6 is 0 Å². The van der Waals surface area contributed by atoms with Crippen molar-refractivity contribution in [3.63, 3.8) is 0 Å². The minimum atomic E-state index is -0.148. The van der Waals surface area contributed by atoms with Crippen molar-refractivity contribution >= 4 is 11.8 Å². The highest BCUT2D eigenvalue weighted by molar-refractivity contribution is 5.85. The van der Waals surface area contributed by atoms with Gasteiger partial charge in [0.2, 0.25) is 11.8 Å². The van der Waals surface area contributed by atoms with Gasteiger partial charge in [-0.15, -0.1) is 0 Å². The van der Waals surface area contributed by atoms with Gasteiger partial charge in [0.05, 0.1) is 6.54 Å². The Balaban J connectivity index is 2.21. The zero-order chi connectivity index (χ0) is 11.3. The highest BCUT2D eigenvalue weighted by atomic mass is 16.3. The van der Waals surface area contributed by atoms with Crippen molar-refractivity contribution < 1.29 is 14.7 Å². The molecule has 1 unspecified atom stereocenters. The lowest BCUT2D eigenvalue weighted by Crippen LogP contribution is -2.39. The Morgan fingerprint density at radius 3 is 2.93 bits per heavy atom. The summed E-state index contributed by atoms with van der Waals surface area (Å²) in [7, 11) is 0.